The summed E-state index contributed by atoms with van der Waals surface area (Å²) in [4.78, 5) is 0. The highest BCUT2D eigenvalue weighted by Gasteiger charge is 2.17. The predicted octanol–water partition coefficient (Wildman–Crippen LogP) is 6.19. The van der Waals surface area contributed by atoms with Crippen molar-refractivity contribution in [3.05, 3.63) is 82.2 Å². The molecule has 0 amide bonds. The molecule has 0 N–H and O–H groups in total. The maximum absolute atomic E-state index is 6.32. The van der Waals surface area contributed by atoms with Gasteiger partial charge in [0.05, 0.1) is 19.9 Å². The monoisotopic (exact) mass is 445 g/mol. The molecule has 0 aliphatic carbocycles. The first-order chi connectivity index (χ1) is 14.2. The molecule has 0 fully saturated rings. The maximum Gasteiger partial charge on any atom is 0.192 e. The number of hydrogen-bond donors (Lipinski definition) is 0. The Morgan fingerprint density at radius 3 is 2.55 bits per heavy atom. The Morgan fingerprint density at radius 1 is 1.03 bits per heavy atom. The normalized spacial score (nSPS) is 11.0. The van der Waals surface area contributed by atoms with E-state index in [1.807, 2.05) is 59.2 Å². The van der Waals surface area contributed by atoms with E-state index < -0.39 is 0 Å². The number of methoxy groups -OCH3 is 1. The lowest BCUT2D eigenvalue weighted by Crippen LogP contribution is -2.03. The number of hydrogen-bond acceptors (Lipinski definition) is 5. The smallest absolute Gasteiger partial charge is 0.192 e. The number of aromatic nitrogens is 3. The first kappa shape index (κ1) is 19.9. The van der Waals surface area contributed by atoms with Crippen LogP contribution in [0.25, 0.3) is 11.4 Å². The zero-order chi connectivity index (χ0) is 20.2. The number of rotatable bonds is 7. The van der Waals surface area contributed by atoms with Crippen LogP contribution in [0.1, 0.15) is 11.3 Å². The summed E-state index contributed by atoms with van der Waals surface area (Å²) in [6.45, 7) is 0.505. The quantitative estimate of drug-likeness (QED) is 0.317. The fourth-order valence-corrected chi connectivity index (χ4v) is 4.56. The minimum atomic E-state index is 0.505. The molecular formula is C21H17Cl2N3O2S. The van der Waals surface area contributed by atoms with E-state index in [1.54, 1.807) is 13.4 Å². The molecule has 0 radical (unpaired) electrons. The standard InChI is InChI=1S/C21H17Cl2N3O2S/c1-27-15-6-2-5-14(11-15)20-24-25-21(26(20)12-16-7-4-10-28-16)29-13-17-18(22)8-3-9-19(17)23/h2-11H,12-13H2,1H3. The average Bonchev–Trinajstić information content (AvgIpc) is 3.38. The van der Waals surface area contributed by atoms with Gasteiger partial charge in [-0.1, -0.05) is 53.2 Å². The van der Waals surface area contributed by atoms with Crippen molar-refractivity contribution in [2.45, 2.75) is 17.5 Å². The summed E-state index contributed by atoms with van der Waals surface area (Å²) in [5.74, 6) is 2.87. The molecule has 29 heavy (non-hydrogen) atoms. The number of furan rings is 1. The highest BCUT2D eigenvalue weighted by atomic mass is 35.5. The number of thioether (sulfide) groups is 1. The highest BCUT2D eigenvalue weighted by Crippen LogP contribution is 2.33. The van der Waals surface area contributed by atoms with Crippen molar-refractivity contribution in [1.29, 1.82) is 0 Å². The molecule has 0 bridgehead atoms. The number of benzene rings is 2. The minimum Gasteiger partial charge on any atom is -0.497 e. The molecule has 4 rings (SSSR count). The van der Waals surface area contributed by atoms with Crippen molar-refractivity contribution in [1.82, 2.24) is 14.8 Å². The Bertz CT molecular complexity index is 1090. The van der Waals surface area contributed by atoms with Crippen molar-refractivity contribution in [2.24, 2.45) is 0 Å². The van der Waals surface area contributed by atoms with Crippen LogP contribution in [-0.4, -0.2) is 21.9 Å². The van der Waals surface area contributed by atoms with Crippen LogP contribution in [-0.2, 0) is 12.3 Å². The van der Waals surface area contributed by atoms with Gasteiger partial charge in [0.25, 0.3) is 0 Å². The van der Waals surface area contributed by atoms with Gasteiger partial charge in [0.1, 0.15) is 11.5 Å². The van der Waals surface area contributed by atoms with Crippen molar-refractivity contribution in [2.75, 3.05) is 7.11 Å². The Balaban J connectivity index is 1.69. The van der Waals surface area contributed by atoms with Crippen molar-refractivity contribution < 1.29 is 9.15 Å². The summed E-state index contributed by atoms with van der Waals surface area (Å²) in [5, 5.41) is 10.9. The first-order valence-corrected chi connectivity index (χ1v) is 10.6. The second-order valence-corrected chi connectivity index (χ2v) is 7.95. The third kappa shape index (κ3) is 4.45. The van der Waals surface area contributed by atoms with E-state index in [9.17, 15) is 0 Å². The molecule has 5 nitrogen and oxygen atoms in total. The number of halogens is 2. The zero-order valence-electron chi connectivity index (χ0n) is 15.5. The highest BCUT2D eigenvalue weighted by molar-refractivity contribution is 7.98. The van der Waals surface area contributed by atoms with Crippen LogP contribution in [0.5, 0.6) is 5.75 Å². The maximum atomic E-state index is 6.32. The van der Waals surface area contributed by atoms with Crippen LogP contribution in [0.2, 0.25) is 10.0 Å². The van der Waals surface area contributed by atoms with Crippen LogP contribution in [0, 0.1) is 0 Å². The van der Waals surface area contributed by atoms with Crippen molar-refractivity contribution in [3.63, 3.8) is 0 Å². The van der Waals surface area contributed by atoms with E-state index >= 15 is 0 Å². The van der Waals surface area contributed by atoms with Gasteiger partial charge in [0, 0.05) is 21.4 Å². The predicted molar refractivity (Wildman–Crippen MR) is 116 cm³/mol. The molecule has 2 aromatic heterocycles. The summed E-state index contributed by atoms with van der Waals surface area (Å²) in [6.07, 6.45) is 1.65. The number of nitrogens with zero attached hydrogens (tertiary/aromatic N) is 3. The van der Waals surface area contributed by atoms with Crippen LogP contribution >= 0.6 is 35.0 Å². The van der Waals surface area contributed by atoms with Crippen LogP contribution in [0.4, 0.5) is 0 Å². The van der Waals surface area contributed by atoms with Gasteiger partial charge in [0.15, 0.2) is 11.0 Å². The van der Waals surface area contributed by atoms with Crippen molar-refractivity contribution >= 4 is 35.0 Å². The van der Waals surface area contributed by atoms with Crippen LogP contribution in [0.15, 0.2) is 70.4 Å². The van der Waals surface area contributed by atoms with Gasteiger partial charge in [0.2, 0.25) is 0 Å². The third-order valence-electron chi connectivity index (χ3n) is 4.35. The Hall–Kier alpha value is -2.41. The summed E-state index contributed by atoms with van der Waals surface area (Å²) >= 11 is 14.2. The van der Waals surface area contributed by atoms with Gasteiger partial charge < -0.3 is 9.15 Å². The van der Waals surface area contributed by atoms with Gasteiger partial charge in [-0.2, -0.15) is 0 Å². The summed E-state index contributed by atoms with van der Waals surface area (Å²) in [5.41, 5.74) is 1.78. The molecule has 2 aromatic carbocycles. The summed E-state index contributed by atoms with van der Waals surface area (Å²) < 4.78 is 12.9. The van der Waals surface area contributed by atoms with Gasteiger partial charge in [-0.25, -0.2) is 0 Å². The van der Waals surface area contributed by atoms with E-state index in [2.05, 4.69) is 10.2 Å². The SMILES string of the molecule is COc1cccc(-c2nnc(SCc3c(Cl)cccc3Cl)n2Cc2ccco2)c1. The van der Waals surface area contributed by atoms with E-state index in [0.717, 1.165) is 33.6 Å². The Kier molecular flexibility index (Phi) is 6.13. The van der Waals surface area contributed by atoms with E-state index in [0.29, 0.717) is 22.3 Å². The molecular weight excluding hydrogens is 429 g/mol. The summed E-state index contributed by atoms with van der Waals surface area (Å²) in [7, 11) is 1.64. The van der Waals surface area contributed by atoms with Crippen LogP contribution < -0.4 is 4.74 Å². The van der Waals surface area contributed by atoms with Gasteiger partial charge in [-0.15, -0.1) is 10.2 Å². The average molecular weight is 446 g/mol. The first-order valence-electron chi connectivity index (χ1n) is 8.81. The lowest BCUT2D eigenvalue weighted by Gasteiger charge is -2.10. The van der Waals surface area contributed by atoms with E-state index in [-0.39, 0.29) is 0 Å². The topological polar surface area (TPSA) is 53.1 Å². The molecule has 0 atom stereocenters. The number of ether oxygens (including phenoxy) is 1. The Labute approximate surface area is 182 Å². The minimum absolute atomic E-state index is 0.505. The lowest BCUT2D eigenvalue weighted by atomic mass is 10.2. The Morgan fingerprint density at radius 2 is 1.83 bits per heavy atom. The largest absolute Gasteiger partial charge is 0.497 e. The molecule has 0 aliphatic heterocycles. The zero-order valence-corrected chi connectivity index (χ0v) is 17.8. The molecule has 0 unspecified atom stereocenters. The summed E-state index contributed by atoms with van der Waals surface area (Å²) in [6, 6.07) is 17.0. The second-order valence-electron chi connectivity index (χ2n) is 6.19. The van der Waals surface area contributed by atoms with Crippen molar-refractivity contribution in [3.8, 4) is 17.1 Å². The van der Waals surface area contributed by atoms with E-state index in [4.69, 9.17) is 32.4 Å². The molecule has 0 saturated heterocycles. The molecule has 0 saturated carbocycles. The van der Waals surface area contributed by atoms with Gasteiger partial charge in [-0.3, -0.25) is 4.57 Å². The fraction of sp³-hybridized carbons (Fsp3) is 0.143. The van der Waals surface area contributed by atoms with Gasteiger partial charge >= 0.3 is 0 Å². The van der Waals surface area contributed by atoms with Gasteiger partial charge in [-0.05, 0) is 42.0 Å². The molecule has 8 heteroatoms. The second kappa shape index (κ2) is 8.95. The third-order valence-corrected chi connectivity index (χ3v) is 6.05. The van der Waals surface area contributed by atoms with Crippen LogP contribution in [0.3, 0.4) is 0 Å². The lowest BCUT2D eigenvalue weighted by molar-refractivity contribution is 0.415. The fourth-order valence-electron chi connectivity index (χ4n) is 2.88. The molecule has 2 heterocycles. The molecule has 0 spiro atoms. The molecule has 0 aliphatic rings. The molecule has 148 valence electrons. The van der Waals surface area contributed by atoms with E-state index in [1.165, 1.54) is 11.8 Å². The molecule has 4 aromatic rings.